The molecule has 6 nitrogen and oxygen atoms in total. The van der Waals surface area contributed by atoms with E-state index in [0.717, 1.165) is 28.2 Å². The number of carbonyl (C=O) groups excluding carboxylic acids is 1. The number of anilines is 1. The lowest BCUT2D eigenvalue weighted by atomic mass is 10.0. The fraction of sp³-hybridized carbons (Fsp3) is 0.250. The van der Waals surface area contributed by atoms with Gasteiger partial charge in [-0.15, -0.1) is 0 Å². The molecule has 4 N–H and O–H groups in total. The SMILES string of the molecule is Cc1ccc(-c2ccc(C(=O)N[C@@H](C)Cc3cc(C)[nH]n3)cc2)c(N)n1. The van der Waals surface area contributed by atoms with E-state index in [4.69, 9.17) is 5.73 Å². The maximum absolute atomic E-state index is 12.4. The van der Waals surface area contributed by atoms with Gasteiger partial charge >= 0.3 is 0 Å². The lowest BCUT2D eigenvalue weighted by Crippen LogP contribution is -2.34. The molecule has 26 heavy (non-hydrogen) atoms. The molecule has 3 aromatic rings. The topological polar surface area (TPSA) is 96.7 Å². The number of hydrogen-bond donors (Lipinski definition) is 3. The Hall–Kier alpha value is -3.15. The van der Waals surface area contributed by atoms with Crippen LogP contribution in [0.25, 0.3) is 11.1 Å². The first-order chi connectivity index (χ1) is 12.4. The zero-order chi connectivity index (χ0) is 18.7. The quantitative estimate of drug-likeness (QED) is 0.659. The summed E-state index contributed by atoms with van der Waals surface area (Å²) >= 11 is 0. The van der Waals surface area contributed by atoms with Gasteiger partial charge in [-0.3, -0.25) is 9.89 Å². The number of aromatic amines is 1. The van der Waals surface area contributed by atoms with Crippen LogP contribution in [0.15, 0.2) is 42.5 Å². The van der Waals surface area contributed by atoms with E-state index >= 15 is 0 Å². The Labute approximate surface area is 152 Å². The van der Waals surface area contributed by atoms with Crippen molar-refractivity contribution in [2.75, 3.05) is 5.73 Å². The van der Waals surface area contributed by atoms with Crippen LogP contribution in [0.3, 0.4) is 0 Å². The molecule has 0 fully saturated rings. The number of pyridine rings is 1. The van der Waals surface area contributed by atoms with Crippen molar-refractivity contribution < 1.29 is 4.79 Å². The molecule has 0 spiro atoms. The third-order valence-corrected chi connectivity index (χ3v) is 4.17. The molecule has 3 rings (SSSR count). The molecule has 0 aliphatic carbocycles. The summed E-state index contributed by atoms with van der Waals surface area (Å²) < 4.78 is 0. The Morgan fingerprint density at radius 3 is 2.54 bits per heavy atom. The van der Waals surface area contributed by atoms with Crippen molar-refractivity contribution in [3.05, 3.63) is 65.1 Å². The van der Waals surface area contributed by atoms with Crippen molar-refractivity contribution in [1.82, 2.24) is 20.5 Å². The van der Waals surface area contributed by atoms with Crippen LogP contribution in [0, 0.1) is 13.8 Å². The zero-order valence-corrected chi connectivity index (χ0v) is 15.2. The van der Waals surface area contributed by atoms with Crippen molar-refractivity contribution in [1.29, 1.82) is 0 Å². The smallest absolute Gasteiger partial charge is 0.251 e. The Balaban J connectivity index is 1.66. The monoisotopic (exact) mass is 349 g/mol. The molecule has 1 aromatic carbocycles. The summed E-state index contributed by atoms with van der Waals surface area (Å²) in [6, 6.07) is 13.2. The maximum atomic E-state index is 12.4. The molecule has 1 amide bonds. The van der Waals surface area contributed by atoms with E-state index in [9.17, 15) is 4.79 Å². The van der Waals surface area contributed by atoms with Crippen LogP contribution < -0.4 is 11.1 Å². The number of aromatic nitrogens is 3. The van der Waals surface area contributed by atoms with Gasteiger partial charge in [0.25, 0.3) is 5.91 Å². The number of carbonyl (C=O) groups is 1. The standard InChI is InChI=1S/C20H23N5O/c1-12-4-9-18(19(21)22-12)15-5-7-16(8-6-15)20(26)23-13(2)10-17-11-14(3)24-25-17/h4-9,11,13H,10H2,1-3H3,(H2,21,22)(H,23,26)(H,24,25)/t13-/m0/s1. The minimum atomic E-state index is -0.105. The van der Waals surface area contributed by atoms with Crippen molar-refractivity contribution in [2.24, 2.45) is 0 Å². The predicted molar refractivity (Wildman–Crippen MR) is 103 cm³/mol. The van der Waals surface area contributed by atoms with Gasteiger partial charge in [-0.2, -0.15) is 5.10 Å². The van der Waals surface area contributed by atoms with Gasteiger partial charge in [-0.1, -0.05) is 12.1 Å². The van der Waals surface area contributed by atoms with Crippen LogP contribution in [-0.2, 0) is 6.42 Å². The van der Waals surface area contributed by atoms with E-state index in [-0.39, 0.29) is 11.9 Å². The molecule has 0 saturated carbocycles. The van der Waals surface area contributed by atoms with Gasteiger partial charge in [0.1, 0.15) is 5.82 Å². The number of nitrogen functional groups attached to an aromatic ring is 1. The second-order valence-corrected chi connectivity index (χ2v) is 6.58. The lowest BCUT2D eigenvalue weighted by Gasteiger charge is -2.13. The number of amides is 1. The molecule has 0 aliphatic heterocycles. The molecular formula is C20H23N5O. The first-order valence-electron chi connectivity index (χ1n) is 8.57. The summed E-state index contributed by atoms with van der Waals surface area (Å²) in [4.78, 5) is 16.7. The lowest BCUT2D eigenvalue weighted by molar-refractivity contribution is 0.0940. The minimum absolute atomic E-state index is 0.0122. The summed E-state index contributed by atoms with van der Waals surface area (Å²) in [6.07, 6.45) is 0.680. The van der Waals surface area contributed by atoms with Gasteiger partial charge in [-0.25, -0.2) is 4.98 Å². The summed E-state index contributed by atoms with van der Waals surface area (Å²) in [5, 5.41) is 10.1. The van der Waals surface area contributed by atoms with Gasteiger partial charge in [0.15, 0.2) is 0 Å². The zero-order valence-electron chi connectivity index (χ0n) is 15.2. The highest BCUT2D eigenvalue weighted by molar-refractivity contribution is 5.95. The molecule has 0 unspecified atom stereocenters. The largest absolute Gasteiger partial charge is 0.383 e. The summed E-state index contributed by atoms with van der Waals surface area (Å²) in [5.74, 6) is 0.386. The highest BCUT2D eigenvalue weighted by Crippen LogP contribution is 2.24. The molecule has 134 valence electrons. The van der Waals surface area contributed by atoms with Gasteiger partial charge in [0.2, 0.25) is 0 Å². The van der Waals surface area contributed by atoms with E-state index in [0.29, 0.717) is 17.8 Å². The van der Waals surface area contributed by atoms with Crippen LogP contribution in [0.4, 0.5) is 5.82 Å². The summed E-state index contributed by atoms with van der Waals surface area (Å²) in [6.45, 7) is 5.83. The van der Waals surface area contributed by atoms with Crippen LogP contribution in [0.1, 0.15) is 34.4 Å². The number of aryl methyl sites for hydroxylation is 2. The molecular weight excluding hydrogens is 326 g/mol. The van der Waals surface area contributed by atoms with Crippen molar-refractivity contribution in [2.45, 2.75) is 33.2 Å². The van der Waals surface area contributed by atoms with E-state index in [1.165, 1.54) is 0 Å². The first-order valence-corrected chi connectivity index (χ1v) is 8.57. The Bertz CT molecular complexity index is 914. The van der Waals surface area contributed by atoms with Gasteiger partial charge in [0, 0.05) is 35.0 Å². The number of nitrogens with one attached hydrogen (secondary N) is 2. The average Bonchev–Trinajstić information content (AvgIpc) is 2.99. The Morgan fingerprint density at radius 1 is 1.19 bits per heavy atom. The number of benzene rings is 1. The van der Waals surface area contributed by atoms with Crippen LogP contribution >= 0.6 is 0 Å². The average molecular weight is 349 g/mol. The second-order valence-electron chi connectivity index (χ2n) is 6.58. The van der Waals surface area contributed by atoms with Crippen molar-refractivity contribution in [3.8, 4) is 11.1 Å². The number of hydrogen-bond acceptors (Lipinski definition) is 4. The Kier molecular flexibility index (Phi) is 5.02. The predicted octanol–water partition coefficient (Wildman–Crippen LogP) is 3.03. The van der Waals surface area contributed by atoms with E-state index in [1.807, 2.05) is 51.1 Å². The van der Waals surface area contributed by atoms with Crippen LogP contribution in [0.2, 0.25) is 0 Å². The number of H-pyrrole nitrogens is 1. The molecule has 0 aliphatic rings. The molecule has 1 atom stereocenters. The van der Waals surface area contributed by atoms with Crippen molar-refractivity contribution >= 4 is 11.7 Å². The molecule has 2 aromatic heterocycles. The van der Waals surface area contributed by atoms with E-state index in [1.54, 1.807) is 12.1 Å². The molecule has 6 heteroatoms. The fourth-order valence-corrected chi connectivity index (χ4v) is 2.87. The highest BCUT2D eigenvalue weighted by Gasteiger charge is 2.12. The van der Waals surface area contributed by atoms with Crippen LogP contribution in [0.5, 0.6) is 0 Å². The Morgan fingerprint density at radius 2 is 1.92 bits per heavy atom. The van der Waals surface area contributed by atoms with Crippen LogP contribution in [-0.4, -0.2) is 27.1 Å². The van der Waals surface area contributed by atoms with Gasteiger partial charge in [0.05, 0.1) is 5.69 Å². The van der Waals surface area contributed by atoms with E-state index < -0.39 is 0 Å². The second kappa shape index (κ2) is 7.39. The van der Waals surface area contributed by atoms with E-state index in [2.05, 4.69) is 20.5 Å². The fourth-order valence-electron chi connectivity index (χ4n) is 2.87. The summed E-state index contributed by atoms with van der Waals surface area (Å²) in [5.41, 5.74) is 11.2. The first kappa shape index (κ1) is 17.7. The maximum Gasteiger partial charge on any atom is 0.251 e. The minimum Gasteiger partial charge on any atom is -0.383 e. The molecule has 0 radical (unpaired) electrons. The third kappa shape index (κ3) is 4.08. The highest BCUT2D eigenvalue weighted by atomic mass is 16.1. The molecule has 0 bridgehead atoms. The number of rotatable bonds is 5. The third-order valence-electron chi connectivity index (χ3n) is 4.17. The van der Waals surface area contributed by atoms with Gasteiger partial charge < -0.3 is 11.1 Å². The van der Waals surface area contributed by atoms with Gasteiger partial charge in [-0.05, 0) is 56.7 Å². The van der Waals surface area contributed by atoms with Crippen molar-refractivity contribution in [3.63, 3.8) is 0 Å². The normalized spacial score (nSPS) is 12.0. The molecule has 2 heterocycles. The number of nitrogens with two attached hydrogens (primary N) is 1. The number of nitrogens with zero attached hydrogens (tertiary/aromatic N) is 2. The molecule has 0 saturated heterocycles. The summed E-state index contributed by atoms with van der Waals surface area (Å²) in [7, 11) is 0.